The fourth-order valence-electron chi connectivity index (χ4n) is 1.73. The summed E-state index contributed by atoms with van der Waals surface area (Å²) in [5.74, 6) is 0. The van der Waals surface area contributed by atoms with Crippen LogP contribution in [0.3, 0.4) is 0 Å². The second-order valence-corrected chi connectivity index (χ2v) is 4.38. The third kappa shape index (κ3) is 5.31. The third-order valence-electron chi connectivity index (χ3n) is 2.78. The summed E-state index contributed by atoms with van der Waals surface area (Å²) >= 11 is 0. The maximum absolute atomic E-state index is 8.85. The molecule has 0 aliphatic carbocycles. The molecule has 1 aromatic carbocycles. The van der Waals surface area contributed by atoms with E-state index in [4.69, 9.17) is 10.00 Å². The van der Waals surface area contributed by atoms with Crippen LogP contribution >= 0.6 is 0 Å². The summed E-state index contributed by atoms with van der Waals surface area (Å²) in [4.78, 5) is 0. The zero-order valence-corrected chi connectivity index (χ0v) is 11.3. The van der Waals surface area contributed by atoms with E-state index in [1.54, 1.807) is 0 Å². The number of benzene rings is 1. The second kappa shape index (κ2) is 8.68. The molecule has 0 heterocycles. The number of rotatable bonds is 8. The highest BCUT2D eigenvalue weighted by Crippen LogP contribution is 2.13. The first-order valence-corrected chi connectivity index (χ1v) is 6.59. The van der Waals surface area contributed by atoms with Crippen molar-refractivity contribution in [2.75, 3.05) is 19.8 Å². The van der Waals surface area contributed by atoms with E-state index in [9.17, 15) is 0 Å². The lowest BCUT2D eigenvalue weighted by atomic mass is 10.1. The van der Waals surface area contributed by atoms with Crippen LogP contribution in [0.1, 0.15) is 43.9 Å². The molecule has 0 aliphatic heterocycles. The molecule has 98 valence electrons. The Hall–Kier alpha value is -1.37. The van der Waals surface area contributed by atoms with E-state index < -0.39 is 0 Å². The van der Waals surface area contributed by atoms with Crippen molar-refractivity contribution < 1.29 is 4.74 Å². The number of nitrogens with one attached hydrogen (secondary N) is 1. The number of nitrogens with zero attached hydrogens (tertiary/aromatic N) is 1. The Morgan fingerprint density at radius 3 is 2.94 bits per heavy atom. The van der Waals surface area contributed by atoms with E-state index in [1.165, 1.54) is 0 Å². The summed E-state index contributed by atoms with van der Waals surface area (Å²) < 4.78 is 5.42. The van der Waals surface area contributed by atoms with Gasteiger partial charge in [-0.25, -0.2) is 0 Å². The molecular weight excluding hydrogens is 224 g/mol. The van der Waals surface area contributed by atoms with Crippen LogP contribution in [0, 0.1) is 11.3 Å². The van der Waals surface area contributed by atoms with Gasteiger partial charge >= 0.3 is 0 Å². The highest BCUT2D eigenvalue weighted by molar-refractivity contribution is 5.33. The SMILES string of the molecule is CCCOCCCNC(C)c1cccc(C#N)c1. The number of nitriles is 1. The van der Waals surface area contributed by atoms with Crippen LogP contribution < -0.4 is 5.32 Å². The van der Waals surface area contributed by atoms with Crippen molar-refractivity contribution in [2.24, 2.45) is 0 Å². The van der Waals surface area contributed by atoms with Crippen molar-refractivity contribution in [1.82, 2.24) is 5.32 Å². The summed E-state index contributed by atoms with van der Waals surface area (Å²) in [5.41, 5.74) is 1.87. The van der Waals surface area contributed by atoms with Crippen molar-refractivity contribution >= 4 is 0 Å². The lowest BCUT2D eigenvalue weighted by molar-refractivity contribution is 0.132. The molecule has 0 bridgehead atoms. The minimum absolute atomic E-state index is 0.268. The van der Waals surface area contributed by atoms with Gasteiger partial charge < -0.3 is 10.1 Å². The van der Waals surface area contributed by atoms with E-state index in [0.29, 0.717) is 5.56 Å². The van der Waals surface area contributed by atoms with Gasteiger partial charge in [-0.2, -0.15) is 5.26 Å². The molecule has 1 rings (SSSR count). The predicted octanol–water partition coefficient (Wildman–Crippen LogP) is 3.03. The number of hydrogen-bond acceptors (Lipinski definition) is 3. The molecule has 0 amide bonds. The molecule has 1 atom stereocenters. The number of hydrogen-bond donors (Lipinski definition) is 1. The molecule has 0 saturated heterocycles. The highest BCUT2D eigenvalue weighted by atomic mass is 16.5. The Kier molecular flexibility index (Phi) is 7.09. The van der Waals surface area contributed by atoms with Crippen LogP contribution in [-0.2, 0) is 4.74 Å². The lowest BCUT2D eigenvalue weighted by Gasteiger charge is -2.14. The predicted molar refractivity (Wildman–Crippen MR) is 73.3 cm³/mol. The summed E-state index contributed by atoms with van der Waals surface area (Å²) in [5, 5.41) is 12.3. The minimum Gasteiger partial charge on any atom is -0.381 e. The molecular formula is C15H22N2O. The fraction of sp³-hybridized carbons (Fsp3) is 0.533. The Morgan fingerprint density at radius 2 is 2.22 bits per heavy atom. The highest BCUT2D eigenvalue weighted by Gasteiger charge is 2.04. The topological polar surface area (TPSA) is 45.0 Å². The molecule has 1 aromatic rings. The van der Waals surface area contributed by atoms with Gasteiger partial charge in [0.15, 0.2) is 0 Å². The average molecular weight is 246 g/mol. The summed E-state index contributed by atoms with van der Waals surface area (Å²) in [6.45, 7) is 6.82. The molecule has 0 spiro atoms. The molecule has 0 aliphatic rings. The Morgan fingerprint density at radius 1 is 1.39 bits per heavy atom. The van der Waals surface area contributed by atoms with Crippen LogP contribution in [0.5, 0.6) is 0 Å². The van der Waals surface area contributed by atoms with Crippen LogP contribution in [-0.4, -0.2) is 19.8 Å². The Balaban J connectivity index is 2.27. The van der Waals surface area contributed by atoms with Crippen LogP contribution in [0.2, 0.25) is 0 Å². The van der Waals surface area contributed by atoms with Gasteiger partial charge in [0.25, 0.3) is 0 Å². The van der Waals surface area contributed by atoms with E-state index in [2.05, 4.69) is 25.2 Å². The van der Waals surface area contributed by atoms with Gasteiger partial charge in [0.1, 0.15) is 0 Å². The van der Waals surface area contributed by atoms with E-state index in [1.807, 2.05) is 24.3 Å². The van der Waals surface area contributed by atoms with E-state index in [-0.39, 0.29) is 6.04 Å². The smallest absolute Gasteiger partial charge is 0.0991 e. The Labute approximate surface area is 110 Å². The van der Waals surface area contributed by atoms with Crippen molar-refractivity contribution in [2.45, 2.75) is 32.7 Å². The van der Waals surface area contributed by atoms with Crippen LogP contribution in [0.15, 0.2) is 24.3 Å². The summed E-state index contributed by atoms with van der Waals surface area (Å²) in [7, 11) is 0. The van der Waals surface area contributed by atoms with Crippen molar-refractivity contribution in [3.8, 4) is 6.07 Å². The zero-order chi connectivity index (χ0) is 13.2. The van der Waals surface area contributed by atoms with E-state index in [0.717, 1.165) is 38.2 Å². The quantitative estimate of drug-likeness (QED) is 0.717. The standard InChI is InChI=1S/C15H22N2O/c1-3-9-18-10-5-8-17-13(2)15-7-4-6-14(11-15)12-16/h4,6-7,11,13,17H,3,5,8-10H2,1-2H3. The minimum atomic E-state index is 0.268. The molecule has 3 heteroatoms. The normalized spacial score (nSPS) is 12.1. The fourth-order valence-corrected chi connectivity index (χ4v) is 1.73. The molecule has 0 fully saturated rings. The largest absolute Gasteiger partial charge is 0.381 e. The molecule has 0 saturated carbocycles. The lowest BCUT2D eigenvalue weighted by Crippen LogP contribution is -2.21. The molecule has 3 nitrogen and oxygen atoms in total. The summed E-state index contributed by atoms with van der Waals surface area (Å²) in [6, 6.07) is 10.2. The number of ether oxygens (including phenoxy) is 1. The molecule has 1 N–H and O–H groups in total. The first-order valence-electron chi connectivity index (χ1n) is 6.59. The van der Waals surface area contributed by atoms with Crippen molar-refractivity contribution in [3.63, 3.8) is 0 Å². The molecule has 1 unspecified atom stereocenters. The van der Waals surface area contributed by atoms with Gasteiger partial charge in [-0.3, -0.25) is 0 Å². The van der Waals surface area contributed by atoms with Gasteiger partial charge in [0.2, 0.25) is 0 Å². The monoisotopic (exact) mass is 246 g/mol. The second-order valence-electron chi connectivity index (χ2n) is 4.38. The van der Waals surface area contributed by atoms with Gasteiger partial charge in [-0.05, 0) is 44.0 Å². The van der Waals surface area contributed by atoms with Gasteiger partial charge in [-0.15, -0.1) is 0 Å². The summed E-state index contributed by atoms with van der Waals surface area (Å²) in [6.07, 6.45) is 2.09. The molecule has 0 aromatic heterocycles. The van der Waals surface area contributed by atoms with Crippen LogP contribution in [0.4, 0.5) is 0 Å². The average Bonchev–Trinajstić information content (AvgIpc) is 2.42. The molecule has 0 radical (unpaired) electrons. The van der Waals surface area contributed by atoms with Crippen LogP contribution in [0.25, 0.3) is 0 Å². The zero-order valence-electron chi connectivity index (χ0n) is 11.3. The maximum atomic E-state index is 8.85. The van der Waals surface area contributed by atoms with E-state index >= 15 is 0 Å². The molecule has 18 heavy (non-hydrogen) atoms. The first-order chi connectivity index (χ1) is 8.77. The first kappa shape index (κ1) is 14.7. The van der Waals surface area contributed by atoms with Gasteiger partial charge in [0, 0.05) is 19.3 Å². The van der Waals surface area contributed by atoms with Gasteiger partial charge in [0.05, 0.1) is 11.6 Å². The Bertz CT molecular complexity index is 384. The van der Waals surface area contributed by atoms with Gasteiger partial charge in [-0.1, -0.05) is 19.1 Å². The van der Waals surface area contributed by atoms with Crippen molar-refractivity contribution in [3.05, 3.63) is 35.4 Å². The maximum Gasteiger partial charge on any atom is 0.0991 e. The third-order valence-corrected chi connectivity index (χ3v) is 2.78. The van der Waals surface area contributed by atoms with Crippen molar-refractivity contribution in [1.29, 1.82) is 5.26 Å².